The lowest BCUT2D eigenvalue weighted by Crippen LogP contribution is -1.78. The van der Waals surface area contributed by atoms with Gasteiger partial charge in [0.25, 0.3) is 0 Å². The van der Waals surface area contributed by atoms with Gasteiger partial charge in [-0.05, 0) is 16.6 Å². The van der Waals surface area contributed by atoms with E-state index < -0.39 is 0 Å². The number of aromatic amines is 1. The highest BCUT2D eigenvalue weighted by molar-refractivity contribution is 9.11. The van der Waals surface area contributed by atoms with Crippen LogP contribution >= 0.6 is 27.7 Å². The minimum Gasteiger partial charge on any atom is -0.333 e. The lowest BCUT2D eigenvalue weighted by molar-refractivity contribution is 1.08. The Morgan fingerprint density at radius 1 is 1.50 bits per heavy atom. The van der Waals surface area contributed by atoms with Crippen LogP contribution < -0.4 is 0 Å². The molecule has 0 bridgehead atoms. The Hall–Kier alpha value is -0.740. The molecule has 0 aliphatic rings. The standard InChI is InChI=1S/C10H9BrN2S/c1-7(11)6-14-10-12-8-4-2-3-5-9(8)13-10/h2-5H,1,6H2,(H,12,13). The summed E-state index contributed by atoms with van der Waals surface area (Å²) in [6.07, 6.45) is 0. The summed E-state index contributed by atoms with van der Waals surface area (Å²) in [5.41, 5.74) is 2.09. The molecule has 0 amide bonds. The fraction of sp³-hybridized carbons (Fsp3) is 0.100. The number of benzene rings is 1. The monoisotopic (exact) mass is 268 g/mol. The summed E-state index contributed by atoms with van der Waals surface area (Å²) < 4.78 is 0.975. The van der Waals surface area contributed by atoms with Gasteiger partial charge in [-0.2, -0.15) is 0 Å². The predicted molar refractivity (Wildman–Crippen MR) is 64.9 cm³/mol. The minimum atomic E-state index is 0.833. The smallest absolute Gasteiger partial charge is 0.166 e. The zero-order chi connectivity index (χ0) is 9.97. The van der Waals surface area contributed by atoms with Crippen molar-refractivity contribution in [2.75, 3.05) is 5.75 Å². The van der Waals surface area contributed by atoms with Gasteiger partial charge in [-0.1, -0.05) is 46.4 Å². The molecular formula is C10H9BrN2S. The molecule has 0 radical (unpaired) electrons. The van der Waals surface area contributed by atoms with Crippen LogP contribution in [0.5, 0.6) is 0 Å². The number of nitrogens with one attached hydrogen (secondary N) is 1. The van der Waals surface area contributed by atoms with Crippen LogP contribution in [0.4, 0.5) is 0 Å². The van der Waals surface area contributed by atoms with Gasteiger partial charge in [-0.15, -0.1) is 0 Å². The first-order valence-corrected chi connectivity index (χ1v) is 5.94. The first kappa shape index (κ1) is 9.80. The van der Waals surface area contributed by atoms with Crippen LogP contribution in [-0.2, 0) is 0 Å². The van der Waals surface area contributed by atoms with Crippen LogP contribution in [0, 0.1) is 0 Å². The Morgan fingerprint density at radius 2 is 2.29 bits per heavy atom. The molecule has 1 aromatic carbocycles. The normalized spacial score (nSPS) is 10.6. The molecule has 0 spiro atoms. The van der Waals surface area contributed by atoms with Crippen LogP contribution in [0.3, 0.4) is 0 Å². The molecule has 2 nitrogen and oxygen atoms in total. The van der Waals surface area contributed by atoms with Gasteiger partial charge in [-0.25, -0.2) is 4.98 Å². The predicted octanol–water partition coefficient (Wildman–Crippen LogP) is 3.56. The number of imidazole rings is 1. The molecule has 0 saturated heterocycles. The number of hydrogen-bond donors (Lipinski definition) is 1. The molecule has 0 unspecified atom stereocenters. The van der Waals surface area contributed by atoms with Crippen LogP contribution in [0.1, 0.15) is 0 Å². The Labute approximate surface area is 94.9 Å². The molecule has 0 fully saturated rings. The molecule has 0 aliphatic heterocycles. The zero-order valence-corrected chi connectivity index (χ0v) is 9.86. The first-order chi connectivity index (χ1) is 6.75. The Morgan fingerprint density at radius 3 is 3.00 bits per heavy atom. The number of fused-ring (bicyclic) bond motifs is 1. The number of rotatable bonds is 3. The summed E-state index contributed by atoms with van der Waals surface area (Å²) in [6, 6.07) is 8.01. The van der Waals surface area contributed by atoms with Crippen molar-refractivity contribution in [2.45, 2.75) is 5.16 Å². The first-order valence-electron chi connectivity index (χ1n) is 4.16. The highest BCUT2D eigenvalue weighted by Crippen LogP contribution is 2.22. The van der Waals surface area contributed by atoms with E-state index in [0.717, 1.165) is 26.4 Å². The van der Waals surface area contributed by atoms with E-state index >= 15 is 0 Å². The summed E-state index contributed by atoms with van der Waals surface area (Å²) in [7, 11) is 0. The van der Waals surface area contributed by atoms with Crippen molar-refractivity contribution < 1.29 is 0 Å². The number of H-pyrrole nitrogens is 1. The SMILES string of the molecule is C=C(Br)CSc1nc2ccccc2[nH]1. The maximum absolute atomic E-state index is 4.43. The molecule has 4 heteroatoms. The molecule has 1 heterocycles. The molecule has 0 saturated carbocycles. The van der Waals surface area contributed by atoms with Crippen LogP contribution in [0.15, 0.2) is 40.5 Å². The molecule has 72 valence electrons. The third-order valence-corrected chi connectivity index (χ3v) is 3.34. The van der Waals surface area contributed by atoms with E-state index in [-0.39, 0.29) is 0 Å². The fourth-order valence-corrected chi connectivity index (χ4v) is 2.13. The molecule has 0 atom stereocenters. The number of thioether (sulfide) groups is 1. The van der Waals surface area contributed by atoms with E-state index in [0.29, 0.717) is 0 Å². The molecule has 2 aromatic rings. The van der Waals surface area contributed by atoms with Gasteiger partial charge in [0.1, 0.15) is 0 Å². The van der Waals surface area contributed by atoms with Crippen LogP contribution in [-0.4, -0.2) is 15.7 Å². The van der Waals surface area contributed by atoms with Crippen molar-refractivity contribution >= 4 is 38.7 Å². The summed E-state index contributed by atoms with van der Waals surface area (Å²) in [4.78, 5) is 7.67. The third kappa shape index (κ3) is 2.19. The topological polar surface area (TPSA) is 28.7 Å². The highest BCUT2D eigenvalue weighted by atomic mass is 79.9. The van der Waals surface area contributed by atoms with Crippen molar-refractivity contribution in [2.24, 2.45) is 0 Å². The third-order valence-electron chi connectivity index (χ3n) is 1.73. The van der Waals surface area contributed by atoms with E-state index in [1.165, 1.54) is 0 Å². The van der Waals surface area contributed by atoms with Gasteiger partial charge in [0, 0.05) is 5.75 Å². The minimum absolute atomic E-state index is 0.833. The quantitative estimate of drug-likeness (QED) is 0.863. The van der Waals surface area contributed by atoms with Crippen LogP contribution in [0.2, 0.25) is 0 Å². The number of para-hydroxylation sites is 2. The van der Waals surface area contributed by atoms with Gasteiger partial charge in [0.05, 0.1) is 11.0 Å². The maximum atomic E-state index is 4.43. The van der Waals surface area contributed by atoms with Gasteiger partial charge < -0.3 is 4.98 Å². The van der Waals surface area contributed by atoms with Gasteiger partial charge in [-0.3, -0.25) is 0 Å². The average molecular weight is 269 g/mol. The highest BCUT2D eigenvalue weighted by Gasteiger charge is 2.01. The summed E-state index contributed by atoms with van der Waals surface area (Å²) in [6.45, 7) is 3.78. The van der Waals surface area contributed by atoms with Crippen molar-refractivity contribution in [3.8, 4) is 0 Å². The number of aromatic nitrogens is 2. The molecule has 14 heavy (non-hydrogen) atoms. The van der Waals surface area contributed by atoms with Crippen molar-refractivity contribution in [1.82, 2.24) is 9.97 Å². The van der Waals surface area contributed by atoms with E-state index in [1.807, 2.05) is 24.3 Å². The lowest BCUT2D eigenvalue weighted by Gasteiger charge is -1.92. The second-order valence-electron chi connectivity index (χ2n) is 2.87. The largest absolute Gasteiger partial charge is 0.333 e. The van der Waals surface area contributed by atoms with E-state index in [1.54, 1.807) is 11.8 Å². The zero-order valence-electron chi connectivity index (χ0n) is 7.46. The summed E-state index contributed by atoms with van der Waals surface area (Å²) in [5, 5.41) is 0.937. The molecule has 0 aliphatic carbocycles. The molecule has 1 N–H and O–H groups in total. The molecule has 2 rings (SSSR count). The van der Waals surface area contributed by atoms with Crippen molar-refractivity contribution in [3.05, 3.63) is 35.3 Å². The van der Waals surface area contributed by atoms with Gasteiger partial charge >= 0.3 is 0 Å². The maximum Gasteiger partial charge on any atom is 0.166 e. The van der Waals surface area contributed by atoms with E-state index in [2.05, 4.69) is 32.5 Å². The van der Waals surface area contributed by atoms with Crippen molar-refractivity contribution in [3.63, 3.8) is 0 Å². The second-order valence-corrected chi connectivity index (χ2v) is 4.95. The van der Waals surface area contributed by atoms with Gasteiger partial charge in [0.2, 0.25) is 0 Å². The summed E-state index contributed by atoms with van der Waals surface area (Å²) >= 11 is 4.96. The number of nitrogens with zero attached hydrogens (tertiary/aromatic N) is 1. The lowest BCUT2D eigenvalue weighted by atomic mass is 10.3. The summed E-state index contributed by atoms with van der Waals surface area (Å²) in [5.74, 6) is 0.833. The molecule has 1 aromatic heterocycles. The number of halogens is 1. The second kappa shape index (κ2) is 4.19. The average Bonchev–Trinajstić information content (AvgIpc) is 2.57. The fourth-order valence-electron chi connectivity index (χ4n) is 1.14. The number of hydrogen-bond acceptors (Lipinski definition) is 2. The Kier molecular flexibility index (Phi) is 2.93. The van der Waals surface area contributed by atoms with Crippen molar-refractivity contribution in [1.29, 1.82) is 0 Å². The Bertz CT molecular complexity index is 431. The van der Waals surface area contributed by atoms with E-state index in [4.69, 9.17) is 0 Å². The molecular weight excluding hydrogens is 260 g/mol. The van der Waals surface area contributed by atoms with E-state index in [9.17, 15) is 0 Å². The van der Waals surface area contributed by atoms with Gasteiger partial charge in [0.15, 0.2) is 5.16 Å². The Balaban J connectivity index is 2.22. The van der Waals surface area contributed by atoms with Crippen LogP contribution in [0.25, 0.3) is 11.0 Å².